The van der Waals surface area contributed by atoms with Gasteiger partial charge in [-0.3, -0.25) is 14.1 Å². The summed E-state index contributed by atoms with van der Waals surface area (Å²) in [5.41, 5.74) is 0. The largest absolute Gasteiger partial charge is 0.469 e. The predicted octanol–water partition coefficient (Wildman–Crippen LogP) is 3.49. The van der Waals surface area contributed by atoms with E-state index < -0.39 is 32.5 Å². The molecule has 0 fully saturated rings. The first-order valence-corrected chi connectivity index (χ1v) is 10.9. The standard InChI is InChI=1S/C17H33O8P/c1-3-5-6-7-8-9-10-12-17(19)25-15(14-24-26(20,21)22)13-23-16(18)11-4-2/h15H,3-14H2,1-2H3,(H2,20,21,22). The monoisotopic (exact) mass is 396 g/mol. The third-order valence-corrected chi connectivity index (χ3v) is 4.08. The van der Waals surface area contributed by atoms with Gasteiger partial charge in [0, 0.05) is 12.8 Å². The molecule has 1 atom stereocenters. The summed E-state index contributed by atoms with van der Waals surface area (Å²) in [5, 5.41) is 0. The lowest BCUT2D eigenvalue weighted by Crippen LogP contribution is -2.29. The van der Waals surface area contributed by atoms with E-state index in [1.54, 1.807) is 0 Å². The molecule has 0 heterocycles. The summed E-state index contributed by atoms with van der Waals surface area (Å²) >= 11 is 0. The predicted molar refractivity (Wildman–Crippen MR) is 96.4 cm³/mol. The van der Waals surface area contributed by atoms with Crippen LogP contribution in [0.1, 0.15) is 78.1 Å². The second-order valence-electron chi connectivity index (χ2n) is 6.20. The van der Waals surface area contributed by atoms with Crippen LogP contribution in [0, 0.1) is 0 Å². The molecule has 0 aromatic rings. The Bertz CT molecular complexity index is 434. The van der Waals surface area contributed by atoms with Crippen molar-refractivity contribution in [2.45, 2.75) is 84.2 Å². The molecule has 8 nitrogen and oxygen atoms in total. The van der Waals surface area contributed by atoms with Crippen LogP contribution in [-0.4, -0.2) is 41.0 Å². The van der Waals surface area contributed by atoms with Crippen LogP contribution in [0.4, 0.5) is 0 Å². The highest BCUT2D eigenvalue weighted by Gasteiger charge is 2.22. The normalized spacial score (nSPS) is 12.6. The van der Waals surface area contributed by atoms with Crippen LogP contribution in [-0.2, 0) is 28.2 Å². The minimum atomic E-state index is -4.69. The van der Waals surface area contributed by atoms with Crippen molar-refractivity contribution in [2.75, 3.05) is 13.2 Å². The van der Waals surface area contributed by atoms with Crippen molar-refractivity contribution in [3.8, 4) is 0 Å². The van der Waals surface area contributed by atoms with E-state index >= 15 is 0 Å². The summed E-state index contributed by atoms with van der Waals surface area (Å²) in [6.07, 6.45) is 7.43. The Morgan fingerprint density at radius 1 is 0.846 bits per heavy atom. The number of ether oxygens (including phenoxy) is 2. The molecule has 2 N–H and O–H groups in total. The Morgan fingerprint density at radius 2 is 1.46 bits per heavy atom. The van der Waals surface area contributed by atoms with Gasteiger partial charge in [-0.1, -0.05) is 52.4 Å². The molecular weight excluding hydrogens is 363 g/mol. The van der Waals surface area contributed by atoms with Gasteiger partial charge in [-0.25, -0.2) is 4.57 Å². The molecule has 0 rings (SSSR count). The molecule has 0 saturated carbocycles. The van der Waals surface area contributed by atoms with E-state index in [9.17, 15) is 14.2 Å². The topological polar surface area (TPSA) is 119 Å². The number of carbonyl (C=O) groups is 2. The average molecular weight is 396 g/mol. The first kappa shape index (κ1) is 25.1. The molecule has 0 aromatic carbocycles. The summed E-state index contributed by atoms with van der Waals surface area (Å²) in [6.45, 7) is 3.15. The highest BCUT2D eigenvalue weighted by atomic mass is 31.2. The van der Waals surface area contributed by atoms with Crippen LogP contribution >= 0.6 is 7.82 Å². The van der Waals surface area contributed by atoms with Crippen LogP contribution in [0.15, 0.2) is 0 Å². The fourth-order valence-corrected chi connectivity index (χ4v) is 2.59. The molecule has 1 unspecified atom stereocenters. The van der Waals surface area contributed by atoms with Gasteiger partial charge in [-0.15, -0.1) is 0 Å². The maximum atomic E-state index is 11.9. The lowest BCUT2D eigenvalue weighted by atomic mass is 10.1. The third kappa shape index (κ3) is 16.5. The summed E-state index contributed by atoms with van der Waals surface area (Å²) in [7, 11) is -4.69. The first-order valence-electron chi connectivity index (χ1n) is 9.33. The van der Waals surface area contributed by atoms with Gasteiger partial charge in [-0.05, 0) is 12.8 Å². The van der Waals surface area contributed by atoms with E-state index in [1.807, 2.05) is 6.92 Å². The molecule has 0 aliphatic carbocycles. The number of rotatable bonds is 16. The smallest absolute Gasteiger partial charge is 0.462 e. The molecule has 0 aliphatic heterocycles. The highest BCUT2D eigenvalue weighted by Crippen LogP contribution is 2.35. The van der Waals surface area contributed by atoms with Gasteiger partial charge in [0.1, 0.15) is 6.61 Å². The van der Waals surface area contributed by atoms with Crippen LogP contribution in [0.25, 0.3) is 0 Å². The van der Waals surface area contributed by atoms with Crippen molar-refractivity contribution in [1.29, 1.82) is 0 Å². The minimum Gasteiger partial charge on any atom is -0.462 e. The number of hydrogen-bond donors (Lipinski definition) is 2. The van der Waals surface area contributed by atoms with Crippen molar-refractivity contribution < 1.29 is 37.9 Å². The van der Waals surface area contributed by atoms with Gasteiger partial charge in [0.25, 0.3) is 0 Å². The number of hydrogen-bond acceptors (Lipinski definition) is 6. The minimum absolute atomic E-state index is 0.211. The SMILES string of the molecule is CCCCCCCCCC(=O)OC(COC(=O)CCC)COP(=O)(O)O. The van der Waals surface area contributed by atoms with Crippen molar-refractivity contribution in [3.05, 3.63) is 0 Å². The summed E-state index contributed by atoms with van der Waals surface area (Å²) in [6, 6.07) is 0. The molecule has 9 heteroatoms. The zero-order valence-corrected chi connectivity index (χ0v) is 16.7. The second-order valence-corrected chi connectivity index (χ2v) is 7.44. The summed E-state index contributed by atoms with van der Waals surface area (Å²) in [5.74, 6) is -0.957. The fraction of sp³-hybridized carbons (Fsp3) is 0.882. The zero-order chi connectivity index (χ0) is 19.8. The van der Waals surface area contributed by atoms with Crippen molar-refractivity contribution in [3.63, 3.8) is 0 Å². The lowest BCUT2D eigenvalue weighted by Gasteiger charge is -2.18. The van der Waals surface area contributed by atoms with Crippen LogP contribution in [0.2, 0.25) is 0 Å². The molecular formula is C17H33O8P. The van der Waals surface area contributed by atoms with E-state index in [-0.39, 0.29) is 19.4 Å². The molecule has 0 bridgehead atoms. The van der Waals surface area contributed by atoms with Gasteiger partial charge >= 0.3 is 19.8 Å². The Labute approximate surface area is 155 Å². The number of esters is 2. The van der Waals surface area contributed by atoms with Crippen LogP contribution < -0.4 is 0 Å². The van der Waals surface area contributed by atoms with Gasteiger partial charge < -0.3 is 19.3 Å². The molecule has 0 saturated heterocycles. The van der Waals surface area contributed by atoms with E-state index in [0.29, 0.717) is 12.8 Å². The quantitative estimate of drug-likeness (QED) is 0.231. The fourth-order valence-electron chi connectivity index (χ4n) is 2.23. The summed E-state index contributed by atoms with van der Waals surface area (Å²) < 4.78 is 25.2. The number of carbonyl (C=O) groups excluding carboxylic acids is 2. The molecule has 0 aliphatic rings. The van der Waals surface area contributed by atoms with Crippen LogP contribution in [0.3, 0.4) is 0 Å². The average Bonchev–Trinajstić information content (AvgIpc) is 2.56. The van der Waals surface area contributed by atoms with E-state index in [1.165, 1.54) is 19.3 Å². The Kier molecular flexibility index (Phi) is 14.6. The molecule has 0 amide bonds. The van der Waals surface area contributed by atoms with Gasteiger partial charge in [0.05, 0.1) is 6.61 Å². The van der Waals surface area contributed by atoms with Crippen LogP contribution in [0.5, 0.6) is 0 Å². The van der Waals surface area contributed by atoms with Crippen molar-refractivity contribution >= 4 is 19.8 Å². The Morgan fingerprint density at radius 3 is 2.04 bits per heavy atom. The number of phosphoric ester groups is 1. The second kappa shape index (κ2) is 15.1. The van der Waals surface area contributed by atoms with Crippen molar-refractivity contribution in [1.82, 2.24) is 0 Å². The Balaban J connectivity index is 4.17. The summed E-state index contributed by atoms with van der Waals surface area (Å²) in [4.78, 5) is 40.8. The van der Waals surface area contributed by atoms with Gasteiger partial charge in [-0.2, -0.15) is 0 Å². The third-order valence-electron chi connectivity index (χ3n) is 3.60. The number of unbranched alkanes of at least 4 members (excludes halogenated alkanes) is 6. The van der Waals surface area contributed by atoms with E-state index in [2.05, 4.69) is 11.4 Å². The molecule has 0 aromatic heterocycles. The first-order chi connectivity index (χ1) is 12.3. The maximum absolute atomic E-state index is 11.9. The van der Waals surface area contributed by atoms with Gasteiger partial charge in [0.2, 0.25) is 0 Å². The van der Waals surface area contributed by atoms with Crippen molar-refractivity contribution in [2.24, 2.45) is 0 Å². The molecule has 0 radical (unpaired) electrons. The van der Waals surface area contributed by atoms with E-state index in [0.717, 1.165) is 19.3 Å². The molecule has 154 valence electrons. The number of phosphoric acid groups is 1. The lowest BCUT2D eigenvalue weighted by molar-refractivity contribution is -0.161. The Hall–Kier alpha value is -0.950. The highest BCUT2D eigenvalue weighted by molar-refractivity contribution is 7.46. The molecule has 0 spiro atoms. The van der Waals surface area contributed by atoms with Gasteiger partial charge in [0.15, 0.2) is 6.10 Å². The molecule has 26 heavy (non-hydrogen) atoms. The van der Waals surface area contributed by atoms with E-state index in [4.69, 9.17) is 19.3 Å². The maximum Gasteiger partial charge on any atom is 0.469 e. The zero-order valence-electron chi connectivity index (χ0n) is 15.9.